The van der Waals surface area contributed by atoms with Crippen LogP contribution in [0.15, 0.2) is 11.1 Å². The molecular formula is C30H50O4. The lowest BCUT2D eigenvalue weighted by molar-refractivity contribution is -0.134. The molecule has 2 saturated carbocycles. The predicted molar refractivity (Wildman–Crippen MR) is 136 cm³/mol. The maximum atomic E-state index is 13.9. The van der Waals surface area contributed by atoms with E-state index in [1.165, 1.54) is 11.1 Å². The molecule has 0 unspecified atom stereocenters. The van der Waals surface area contributed by atoms with Crippen molar-refractivity contribution < 1.29 is 20.1 Å². The summed E-state index contributed by atoms with van der Waals surface area (Å²) in [6.07, 6.45) is 7.14. The molecule has 34 heavy (non-hydrogen) atoms. The van der Waals surface area contributed by atoms with Crippen molar-refractivity contribution in [3.8, 4) is 0 Å². The fourth-order valence-electron chi connectivity index (χ4n) is 9.28. The van der Waals surface area contributed by atoms with Crippen molar-refractivity contribution >= 4 is 5.78 Å². The Morgan fingerprint density at radius 3 is 2.29 bits per heavy atom. The number of Topliss-reactive ketones (excluding diaryl/α,β-unsaturated/α-hetero) is 1. The lowest BCUT2D eigenvalue weighted by Crippen LogP contribution is -2.57. The van der Waals surface area contributed by atoms with E-state index in [2.05, 4.69) is 41.5 Å². The first kappa shape index (κ1) is 26.4. The molecule has 2 fully saturated rings. The number of aliphatic hydroxyl groups excluding tert-OH is 2. The molecule has 0 aromatic heterocycles. The number of fused-ring (bicyclic) bond motifs is 4. The van der Waals surface area contributed by atoms with Gasteiger partial charge in [-0.05, 0) is 99.2 Å². The second kappa shape index (κ2) is 8.15. The molecular weight excluding hydrogens is 424 g/mol. The van der Waals surface area contributed by atoms with Crippen LogP contribution in [-0.4, -0.2) is 38.9 Å². The summed E-state index contributed by atoms with van der Waals surface area (Å²) in [6.45, 7) is 17.2. The highest BCUT2D eigenvalue weighted by Gasteiger charge is 2.65. The van der Waals surface area contributed by atoms with E-state index in [0.717, 1.165) is 44.9 Å². The van der Waals surface area contributed by atoms with Gasteiger partial charge in [0.1, 0.15) is 0 Å². The summed E-state index contributed by atoms with van der Waals surface area (Å²) in [4.78, 5) is 13.9. The third-order valence-electron chi connectivity index (χ3n) is 12.0. The number of hydrogen-bond acceptors (Lipinski definition) is 4. The Morgan fingerprint density at radius 1 is 1.03 bits per heavy atom. The summed E-state index contributed by atoms with van der Waals surface area (Å²) in [5, 5.41) is 31.3. The highest BCUT2D eigenvalue weighted by atomic mass is 16.3. The Labute approximate surface area is 207 Å². The zero-order chi connectivity index (χ0) is 25.5. The predicted octanol–water partition coefficient (Wildman–Crippen LogP) is 5.82. The van der Waals surface area contributed by atoms with Crippen molar-refractivity contribution in [2.45, 2.75) is 131 Å². The van der Waals surface area contributed by atoms with Gasteiger partial charge < -0.3 is 15.3 Å². The van der Waals surface area contributed by atoms with E-state index in [4.69, 9.17) is 0 Å². The molecule has 0 aliphatic heterocycles. The van der Waals surface area contributed by atoms with Crippen LogP contribution in [0.5, 0.6) is 0 Å². The summed E-state index contributed by atoms with van der Waals surface area (Å²) in [7, 11) is 0. The van der Waals surface area contributed by atoms with Gasteiger partial charge in [-0.2, -0.15) is 0 Å². The van der Waals surface area contributed by atoms with E-state index in [1.54, 1.807) is 13.8 Å². The Hall–Kier alpha value is -0.710. The summed E-state index contributed by atoms with van der Waals surface area (Å²) < 4.78 is 0. The topological polar surface area (TPSA) is 77.8 Å². The van der Waals surface area contributed by atoms with Gasteiger partial charge in [-0.3, -0.25) is 4.79 Å². The summed E-state index contributed by atoms with van der Waals surface area (Å²) in [5.41, 5.74) is 1.28. The van der Waals surface area contributed by atoms with Crippen LogP contribution in [0.4, 0.5) is 0 Å². The first-order valence-corrected chi connectivity index (χ1v) is 13.9. The molecule has 194 valence electrons. The van der Waals surface area contributed by atoms with Gasteiger partial charge >= 0.3 is 0 Å². The summed E-state index contributed by atoms with van der Waals surface area (Å²) in [6, 6.07) is 0. The zero-order valence-corrected chi connectivity index (χ0v) is 23.0. The molecule has 0 amide bonds. The molecule has 4 aliphatic rings. The molecule has 4 nitrogen and oxygen atoms in total. The lowest BCUT2D eigenvalue weighted by Gasteiger charge is -2.61. The van der Waals surface area contributed by atoms with E-state index in [9.17, 15) is 20.1 Å². The van der Waals surface area contributed by atoms with Gasteiger partial charge in [0.15, 0.2) is 5.78 Å². The van der Waals surface area contributed by atoms with Gasteiger partial charge in [-0.1, -0.05) is 47.1 Å². The molecule has 0 spiro atoms. The molecule has 4 rings (SSSR count). The lowest BCUT2D eigenvalue weighted by atomic mass is 9.43. The molecule has 8 atom stereocenters. The Morgan fingerprint density at radius 2 is 1.68 bits per heavy atom. The van der Waals surface area contributed by atoms with Crippen LogP contribution in [-0.2, 0) is 4.79 Å². The average Bonchev–Trinajstić information content (AvgIpc) is 3.01. The minimum Gasteiger partial charge on any atom is -0.393 e. The number of hydrogen-bond donors (Lipinski definition) is 3. The smallest absolute Gasteiger partial charge is 0.159 e. The van der Waals surface area contributed by atoms with Crippen LogP contribution in [0.25, 0.3) is 0 Å². The highest BCUT2D eigenvalue weighted by Crippen LogP contribution is 2.71. The second-order valence-electron chi connectivity index (χ2n) is 14.4. The maximum Gasteiger partial charge on any atom is 0.159 e. The van der Waals surface area contributed by atoms with Gasteiger partial charge in [-0.25, -0.2) is 0 Å². The average molecular weight is 475 g/mol. The summed E-state index contributed by atoms with van der Waals surface area (Å²) >= 11 is 0. The first-order valence-electron chi connectivity index (χ1n) is 13.9. The number of ketones is 1. The summed E-state index contributed by atoms with van der Waals surface area (Å²) in [5.74, 6) is 1.52. The van der Waals surface area contributed by atoms with E-state index >= 15 is 0 Å². The van der Waals surface area contributed by atoms with Gasteiger partial charge in [0.05, 0.1) is 17.8 Å². The number of carbonyl (C=O) groups is 1. The van der Waals surface area contributed by atoms with E-state index in [0.29, 0.717) is 30.5 Å². The fraction of sp³-hybridized carbons (Fsp3) is 0.900. The molecule has 0 aromatic rings. The van der Waals surface area contributed by atoms with Gasteiger partial charge in [0.2, 0.25) is 0 Å². The Kier molecular flexibility index (Phi) is 6.32. The van der Waals surface area contributed by atoms with Crippen molar-refractivity contribution in [2.75, 3.05) is 0 Å². The van der Waals surface area contributed by atoms with Crippen LogP contribution in [0.1, 0.15) is 113 Å². The fourth-order valence-corrected chi connectivity index (χ4v) is 9.28. The molecule has 0 bridgehead atoms. The monoisotopic (exact) mass is 474 g/mol. The Bertz CT molecular complexity index is 866. The number of rotatable bonds is 5. The molecule has 0 aromatic carbocycles. The van der Waals surface area contributed by atoms with Gasteiger partial charge in [-0.15, -0.1) is 0 Å². The van der Waals surface area contributed by atoms with Gasteiger partial charge in [0.25, 0.3) is 0 Å². The largest absolute Gasteiger partial charge is 0.393 e. The van der Waals surface area contributed by atoms with Crippen LogP contribution in [0.3, 0.4) is 0 Å². The molecule has 4 aliphatic carbocycles. The molecule has 0 saturated heterocycles. The molecule has 0 radical (unpaired) electrons. The zero-order valence-electron chi connectivity index (χ0n) is 23.0. The van der Waals surface area contributed by atoms with Gasteiger partial charge in [0, 0.05) is 17.4 Å². The van der Waals surface area contributed by atoms with Crippen molar-refractivity contribution in [3.63, 3.8) is 0 Å². The van der Waals surface area contributed by atoms with Crippen LogP contribution in [0, 0.1) is 39.4 Å². The molecule has 0 heterocycles. The number of allylic oxidation sites excluding steroid dienone is 2. The minimum absolute atomic E-state index is 0.0107. The van der Waals surface area contributed by atoms with Crippen molar-refractivity contribution in [3.05, 3.63) is 11.1 Å². The minimum atomic E-state index is -1.07. The highest BCUT2D eigenvalue weighted by molar-refractivity contribution is 5.99. The molecule has 3 N–H and O–H groups in total. The Balaban J connectivity index is 1.65. The van der Waals surface area contributed by atoms with E-state index < -0.39 is 11.7 Å². The van der Waals surface area contributed by atoms with Crippen molar-refractivity contribution in [1.82, 2.24) is 0 Å². The SMILES string of the molecule is C[C@H](CC[C@H](O)C(C)(C)O)[C@H]1CC[C@@]2(C)C3=C(CC[C@]12C)[C@@]1(C)CC[C@H](O)C(C)(C)[C@@H]1CC3=O. The van der Waals surface area contributed by atoms with E-state index in [-0.39, 0.29) is 33.7 Å². The van der Waals surface area contributed by atoms with Crippen molar-refractivity contribution in [2.24, 2.45) is 39.4 Å². The van der Waals surface area contributed by atoms with E-state index in [1.807, 2.05) is 0 Å². The first-order chi connectivity index (χ1) is 15.5. The normalized spacial score (nSPS) is 43.7. The van der Waals surface area contributed by atoms with Crippen LogP contribution >= 0.6 is 0 Å². The maximum absolute atomic E-state index is 13.9. The number of aliphatic hydroxyl groups is 3. The standard InChI is InChI=1S/C30H50O4/c1-18(9-10-24(33)27(4,5)34)19-11-16-30(8)25-20(12-15-29(19,30)7)28(6)14-13-23(32)26(2,3)22(28)17-21(25)31/h18-19,22-24,32-34H,9-17H2,1-8H3/t18-,19-,22+,23+,24+,28-,29-,30+/m1/s1. The number of carbonyl (C=O) groups excluding carboxylic acids is 1. The van der Waals surface area contributed by atoms with Crippen LogP contribution < -0.4 is 0 Å². The molecule has 4 heteroatoms. The quantitative estimate of drug-likeness (QED) is 0.469. The third kappa shape index (κ3) is 3.60. The second-order valence-corrected chi connectivity index (χ2v) is 14.4. The van der Waals surface area contributed by atoms with Crippen LogP contribution in [0.2, 0.25) is 0 Å². The third-order valence-corrected chi connectivity index (χ3v) is 12.0. The van der Waals surface area contributed by atoms with Crippen molar-refractivity contribution in [1.29, 1.82) is 0 Å².